The normalized spacial score (nSPS) is 14.9. The first-order valence-electron chi connectivity index (χ1n) is 12.6. The number of hydrogen-bond donors (Lipinski definition) is 2. The molecule has 5 rings (SSSR count). The van der Waals surface area contributed by atoms with Crippen molar-refractivity contribution in [3.8, 4) is 22.8 Å². The summed E-state index contributed by atoms with van der Waals surface area (Å²) in [5.74, 6) is 1.34. The third-order valence-electron chi connectivity index (χ3n) is 6.78. The highest BCUT2D eigenvalue weighted by molar-refractivity contribution is 6.00. The van der Waals surface area contributed by atoms with Crippen molar-refractivity contribution in [3.05, 3.63) is 94.4 Å². The quantitative estimate of drug-likeness (QED) is 0.314. The zero-order valence-corrected chi connectivity index (χ0v) is 21.7. The summed E-state index contributed by atoms with van der Waals surface area (Å²) in [6, 6.07) is 15.2. The minimum absolute atomic E-state index is 0.141. The van der Waals surface area contributed by atoms with Crippen LogP contribution in [0.4, 0.5) is 0 Å². The molecule has 7 nitrogen and oxygen atoms in total. The lowest BCUT2D eigenvalue weighted by molar-refractivity contribution is 0.0729. The molecule has 2 aromatic heterocycles. The Morgan fingerprint density at radius 3 is 2.73 bits per heavy atom. The number of rotatable bonds is 8. The van der Waals surface area contributed by atoms with Crippen LogP contribution < -0.4 is 4.74 Å². The molecule has 37 heavy (non-hydrogen) atoms. The minimum Gasteiger partial charge on any atom is -0.507 e. The molecule has 0 saturated carbocycles. The van der Waals surface area contributed by atoms with E-state index < -0.39 is 6.04 Å². The molecule has 0 aliphatic carbocycles. The van der Waals surface area contributed by atoms with E-state index >= 15 is 0 Å². The van der Waals surface area contributed by atoms with Crippen LogP contribution in [-0.2, 0) is 6.54 Å². The van der Waals surface area contributed by atoms with Crippen molar-refractivity contribution in [2.24, 2.45) is 5.92 Å². The molecule has 0 saturated heterocycles. The van der Waals surface area contributed by atoms with Gasteiger partial charge in [-0.2, -0.15) is 5.10 Å². The summed E-state index contributed by atoms with van der Waals surface area (Å²) in [5, 5.41) is 18.5. The van der Waals surface area contributed by atoms with Crippen LogP contribution in [0.2, 0.25) is 0 Å². The van der Waals surface area contributed by atoms with Crippen molar-refractivity contribution in [1.29, 1.82) is 0 Å². The average molecular weight is 497 g/mol. The summed E-state index contributed by atoms with van der Waals surface area (Å²) < 4.78 is 6.06. The molecule has 0 radical (unpaired) electrons. The van der Waals surface area contributed by atoms with Gasteiger partial charge in [0.05, 0.1) is 12.6 Å². The molecule has 2 N–H and O–H groups in total. The van der Waals surface area contributed by atoms with Crippen LogP contribution in [0, 0.1) is 19.8 Å². The van der Waals surface area contributed by atoms with Crippen molar-refractivity contribution in [3.63, 3.8) is 0 Å². The van der Waals surface area contributed by atoms with Crippen molar-refractivity contribution in [2.45, 2.75) is 46.7 Å². The predicted molar refractivity (Wildman–Crippen MR) is 143 cm³/mol. The Morgan fingerprint density at radius 2 is 1.97 bits per heavy atom. The summed E-state index contributed by atoms with van der Waals surface area (Å²) in [6.45, 7) is 9.21. The number of carbonyl (C=O) groups is 1. The zero-order chi connectivity index (χ0) is 26.1. The number of aromatic hydroxyl groups is 1. The van der Waals surface area contributed by atoms with Gasteiger partial charge in [0.1, 0.15) is 22.9 Å². The van der Waals surface area contributed by atoms with Crippen molar-refractivity contribution in [1.82, 2.24) is 20.1 Å². The number of pyridine rings is 1. The number of ether oxygens (including phenoxy) is 1. The maximum Gasteiger partial charge on any atom is 0.273 e. The van der Waals surface area contributed by atoms with Gasteiger partial charge in [0.15, 0.2) is 0 Å². The number of aryl methyl sites for hydroxylation is 2. The van der Waals surface area contributed by atoms with Crippen molar-refractivity contribution in [2.75, 3.05) is 6.61 Å². The third kappa shape index (κ3) is 4.81. The van der Waals surface area contributed by atoms with Gasteiger partial charge in [-0.1, -0.05) is 38.1 Å². The van der Waals surface area contributed by atoms with Crippen molar-refractivity contribution >= 4 is 5.91 Å². The van der Waals surface area contributed by atoms with Gasteiger partial charge in [0, 0.05) is 30.1 Å². The first-order valence-corrected chi connectivity index (χ1v) is 12.6. The number of H-pyrrole nitrogens is 1. The van der Waals surface area contributed by atoms with Gasteiger partial charge in [-0.15, -0.1) is 0 Å². The number of nitrogens with zero attached hydrogens (tertiary/aromatic N) is 3. The Kier molecular flexibility index (Phi) is 6.70. The standard InChI is InChI=1S/C30H32N4O3/c1-18(2)10-12-37-23-9-5-8-22(15-23)28-25-26(24-14-19(3)13-20(4)29(24)35)32-33-27(25)30(36)34(28)17-21-7-6-11-31-16-21/h5-9,11,13-16,18,28,35H,10,12,17H2,1-4H3,(H,32,33). The van der Waals surface area contributed by atoms with E-state index in [4.69, 9.17) is 4.74 Å². The van der Waals surface area contributed by atoms with E-state index in [0.29, 0.717) is 36.0 Å². The van der Waals surface area contributed by atoms with Gasteiger partial charge in [-0.05, 0) is 72.7 Å². The molecule has 1 aliphatic rings. The number of hydrogen-bond acceptors (Lipinski definition) is 5. The number of aromatic amines is 1. The highest BCUT2D eigenvalue weighted by atomic mass is 16.5. The fourth-order valence-electron chi connectivity index (χ4n) is 4.93. The molecule has 1 atom stereocenters. The SMILES string of the molecule is Cc1cc(C)c(O)c(-c2n[nH]c3c2C(c2cccc(OCCC(C)C)c2)N(Cc2cccnc2)C3=O)c1. The van der Waals surface area contributed by atoms with Gasteiger partial charge in [0.2, 0.25) is 0 Å². The van der Waals surface area contributed by atoms with Gasteiger partial charge in [-0.25, -0.2) is 0 Å². The molecule has 1 unspecified atom stereocenters. The predicted octanol–water partition coefficient (Wildman–Crippen LogP) is 5.96. The van der Waals surface area contributed by atoms with Gasteiger partial charge in [0.25, 0.3) is 5.91 Å². The molecule has 2 aromatic carbocycles. The Morgan fingerprint density at radius 1 is 1.14 bits per heavy atom. The number of amides is 1. The lowest BCUT2D eigenvalue weighted by Gasteiger charge is -2.27. The Labute approximate surface area is 217 Å². The second kappa shape index (κ2) is 10.1. The number of nitrogens with one attached hydrogen (secondary N) is 1. The molecular formula is C30H32N4O3. The number of aromatic nitrogens is 3. The fraction of sp³-hybridized carbons (Fsp3) is 0.300. The second-order valence-corrected chi connectivity index (χ2v) is 10.1. The lowest BCUT2D eigenvalue weighted by atomic mass is 9.94. The van der Waals surface area contributed by atoms with Crippen LogP contribution in [0.15, 0.2) is 60.9 Å². The fourth-order valence-corrected chi connectivity index (χ4v) is 4.93. The molecule has 1 amide bonds. The highest BCUT2D eigenvalue weighted by Gasteiger charge is 2.42. The first kappa shape index (κ1) is 24.6. The van der Waals surface area contributed by atoms with E-state index in [9.17, 15) is 9.90 Å². The van der Waals surface area contributed by atoms with Crippen LogP contribution >= 0.6 is 0 Å². The number of fused-ring (bicyclic) bond motifs is 1. The maximum absolute atomic E-state index is 13.7. The minimum atomic E-state index is -0.412. The van der Waals surface area contributed by atoms with E-state index in [-0.39, 0.29) is 11.7 Å². The molecular weight excluding hydrogens is 464 g/mol. The smallest absolute Gasteiger partial charge is 0.273 e. The largest absolute Gasteiger partial charge is 0.507 e. The Balaban J connectivity index is 1.61. The van der Waals surface area contributed by atoms with Crippen LogP contribution in [0.1, 0.15) is 64.6 Å². The monoisotopic (exact) mass is 496 g/mol. The van der Waals surface area contributed by atoms with Crippen LogP contribution in [0.5, 0.6) is 11.5 Å². The second-order valence-electron chi connectivity index (χ2n) is 10.1. The topological polar surface area (TPSA) is 91.3 Å². The first-order chi connectivity index (χ1) is 17.8. The maximum atomic E-state index is 13.7. The summed E-state index contributed by atoms with van der Waals surface area (Å²) in [4.78, 5) is 19.8. The van der Waals surface area contributed by atoms with E-state index in [2.05, 4.69) is 29.0 Å². The van der Waals surface area contributed by atoms with Crippen LogP contribution in [0.3, 0.4) is 0 Å². The third-order valence-corrected chi connectivity index (χ3v) is 6.78. The molecule has 3 heterocycles. The number of phenols is 1. The number of carbonyl (C=O) groups excluding carboxylic acids is 1. The molecule has 0 spiro atoms. The van der Waals surface area contributed by atoms with Crippen molar-refractivity contribution < 1.29 is 14.6 Å². The molecule has 4 aromatic rings. The summed E-state index contributed by atoms with van der Waals surface area (Å²) >= 11 is 0. The summed E-state index contributed by atoms with van der Waals surface area (Å²) in [7, 11) is 0. The van der Waals surface area contributed by atoms with E-state index in [1.54, 1.807) is 12.4 Å². The van der Waals surface area contributed by atoms with Crippen LogP contribution in [-0.4, -0.2) is 37.7 Å². The zero-order valence-electron chi connectivity index (χ0n) is 21.7. The lowest BCUT2D eigenvalue weighted by Crippen LogP contribution is -2.29. The average Bonchev–Trinajstić information content (AvgIpc) is 3.41. The van der Waals surface area contributed by atoms with E-state index in [1.807, 2.05) is 67.3 Å². The molecule has 7 heteroatoms. The van der Waals surface area contributed by atoms with E-state index in [0.717, 1.165) is 40.0 Å². The van der Waals surface area contributed by atoms with E-state index in [1.165, 1.54) is 0 Å². The molecule has 1 aliphatic heterocycles. The molecule has 190 valence electrons. The number of benzene rings is 2. The van der Waals surface area contributed by atoms with Crippen LogP contribution in [0.25, 0.3) is 11.3 Å². The molecule has 0 bridgehead atoms. The number of phenolic OH excluding ortho intramolecular Hbond substituents is 1. The summed E-state index contributed by atoms with van der Waals surface area (Å²) in [5.41, 5.74) is 6.01. The Hall–Kier alpha value is -4.13. The summed E-state index contributed by atoms with van der Waals surface area (Å²) in [6.07, 6.45) is 4.46. The van der Waals surface area contributed by atoms with Gasteiger partial charge >= 0.3 is 0 Å². The Bertz CT molecular complexity index is 1430. The van der Waals surface area contributed by atoms with Gasteiger partial charge in [-0.3, -0.25) is 14.9 Å². The van der Waals surface area contributed by atoms with Gasteiger partial charge < -0.3 is 14.7 Å². The molecule has 0 fully saturated rings. The highest BCUT2D eigenvalue weighted by Crippen LogP contribution is 2.46.